The van der Waals surface area contributed by atoms with E-state index in [0.717, 1.165) is 5.39 Å². The predicted octanol–water partition coefficient (Wildman–Crippen LogP) is 2.65. The summed E-state index contributed by atoms with van der Waals surface area (Å²) in [6.45, 7) is -2.62. The molecule has 0 spiro atoms. The van der Waals surface area contributed by atoms with Gasteiger partial charge in [0.2, 0.25) is 5.88 Å². The molecule has 1 unspecified atom stereocenters. The highest BCUT2D eigenvalue weighted by Gasteiger charge is 2.28. The number of pyridine rings is 1. The van der Waals surface area contributed by atoms with Crippen LogP contribution >= 0.6 is 0 Å². The van der Waals surface area contributed by atoms with E-state index in [2.05, 4.69) is 9.72 Å². The summed E-state index contributed by atoms with van der Waals surface area (Å²) < 4.78 is 57.2. The van der Waals surface area contributed by atoms with E-state index in [1.165, 1.54) is 6.07 Å². The summed E-state index contributed by atoms with van der Waals surface area (Å²) in [6, 6.07) is 8.12. The average molecular weight is 343 g/mol. The van der Waals surface area contributed by atoms with E-state index in [0.29, 0.717) is 24.3 Å². The van der Waals surface area contributed by atoms with Gasteiger partial charge >= 0.3 is 6.61 Å². The Morgan fingerprint density at radius 1 is 1.26 bits per heavy atom. The van der Waals surface area contributed by atoms with Crippen molar-refractivity contribution in [3.63, 3.8) is 0 Å². The number of hydrogen-bond acceptors (Lipinski definition) is 5. The van der Waals surface area contributed by atoms with Crippen LogP contribution in [-0.2, 0) is 9.84 Å². The first-order valence-corrected chi connectivity index (χ1v) is 8.92. The molecule has 1 atom stereocenters. The predicted molar refractivity (Wildman–Crippen MR) is 80.6 cm³/mol. The molecule has 2 aromatic rings. The fraction of sp³-hybridized carbons (Fsp3) is 0.400. The number of hydrogen-bond donors (Lipinski definition) is 0. The Bertz CT molecular complexity index is 810. The second-order valence-corrected chi connectivity index (χ2v) is 7.69. The van der Waals surface area contributed by atoms with Gasteiger partial charge in [0.05, 0.1) is 23.6 Å². The number of rotatable bonds is 5. The maximum absolute atomic E-state index is 12.2. The molecule has 8 heteroatoms. The molecule has 1 aromatic heterocycles. The summed E-state index contributed by atoms with van der Waals surface area (Å²) in [7, 11) is -2.93. The number of fused-ring (bicyclic) bond motifs is 1. The van der Waals surface area contributed by atoms with E-state index in [-0.39, 0.29) is 23.3 Å². The van der Waals surface area contributed by atoms with Crippen LogP contribution in [0.15, 0.2) is 30.3 Å². The molecule has 1 saturated heterocycles. The molecule has 1 aliphatic heterocycles. The molecule has 3 rings (SSSR count). The minimum atomic E-state index is -2.93. The minimum absolute atomic E-state index is 0.0165. The van der Waals surface area contributed by atoms with E-state index in [1.54, 1.807) is 24.3 Å². The van der Waals surface area contributed by atoms with Crippen LogP contribution in [0, 0.1) is 5.92 Å². The minimum Gasteiger partial charge on any atom is -0.493 e. The van der Waals surface area contributed by atoms with Gasteiger partial charge in [-0.05, 0) is 24.6 Å². The number of aromatic nitrogens is 1. The normalized spacial score (nSPS) is 20.0. The highest BCUT2D eigenvalue weighted by Crippen LogP contribution is 2.24. The number of nitrogens with zero attached hydrogens (tertiary/aromatic N) is 1. The van der Waals surface area contributed by atoms with Crippen molar-refractivity contribution in [2.24, 2.45) is 5.92 Å². The van der Waals surface area contributed by atoms with E-state index in [4.69, 9.17) is 4.74 Å². The zero-order chi connectivity index (χ0) is 16.4. The van der Waals surface area contributed by atoms with Crippen LogP contribution in [0.25, 0.3) is 10.9 Å². The smallest absolute Gasteiger partial charge is 0.388 e. The molecule has 0 saturated carbocycles. The van der Waals surface area contributed by atoms with Gasteiger partial charge in [0, 0.05) is 23.4 Å². The van der Waals surface area contributed by atoms with Crippen LogP contribution in [0.2, 0.25) is 0 Å². The highest BCUT2D eigenvalue weighted by molar-refractivity contribution is 7.91. The third-order valence-electron chi connectivity index (χ3n) is 3.66. The Morgan fingerprint density at radius 3 is 2.74 bits per heavy atom. The van der Waals surface area contributed by atoms with Gasteiger partial charge in [0.25, 0.3) is 0 Å². The van der Waals surface area contributed by atoms with Gasteiger partial charge in [-0.2, -0.15) is 8.78 Å². The van der Waals surface area contributed by atoms with Gasteiger partial charge < -0.3 is 9.47 Å². The zero-order valence-electron chi connectivity index (χ0n) is 12.1. The number of sulfone groups is 1. The summed E-state index contributed by atoms with van der Waals surface area (Å²) in [5.74, 6) is 0.687. The van der Waals surface area contributed by atoms with Crippen LogP contribution in [-0.4, -0.2) is 38.1 Å². The van der Waals surface area contributed by atoms with Gasteiger partial charge in [-0.3, -0.25) is 0 Å². The van der Waals surface area contributed by atoms with Gasteiger partial charge in [0.1, 0.15) is 5.75 Å². The van der Waals surface area contributed by atoms with Gasteiger partial charge in [-0.25, -0.2) is 13.4 Å². The molecule has 23 heavy (non-hydrogen) atoms. The van der Waals surface area contributed by atoms with Crippen LogP contribution in [0.3, 0.4) is 0 Å². The lowest BCUT2D eigenvalue weighted by Crippen LogP contribution is -2.13. The van der Waals surface area contributed by atoms with Crippen molar-refractivity contribution in [2.45, 2.75) is 13.0 Å². The van der Waals surface area contributed by atoms with Gasteiger partial charge in [-0.15, -0.1) is 0 Å². The number of alkyl halides is 2. The Morgan fingerprint density at radius 2 is 2.04 bits per heavy atom. The molecular formula is C15H15F2NO4S. The maximum atomic E-state index is 12.2. The fourth-order valence-corrected chi connectivity index (χ4v) is 4.38. The summed E-state index contributed by atoms with van der Waals surface area (Å²) in [4.78, 5) is 4.00. The van der Waals surface area contributed by atoms with Crippen molar-refractivity contribution in [2.75, 3.05) is 18.1 Å². The second kappa shape index (κ2) is 6.27. The first-order chi connectivity index (χ1) is 10.9. The lowest BCUT2D eigenvalue weighted by molar-refractivity contribution is -0.0526. The van der Waals surface area contributed by atoms with E-state index in [1.807, 2.05) is 0 Å². The van der Waals surface area contributed by atoms with Crippen LogP contribution < -0.4 is 9.47 Å². The van der Waals surface area contributed by atoms with Crippen LogP contribution in [0.4, 0.5) is 8.78 Å². The zero-order valence-corrected chi connectivity index (χ0v) is 12.9. The van der Waals surface area contributed by atoms with Crippen molar-refractivity contribution < 1.29 is 26.7 Å². The Kier molecular flexibility index (Phi) is 4.34. The topological polar surface area (TPSA) is 65.5 Å². The van der Waals surface area contributed by atoms with Gasteiger partial charge in [0.15, 0.2) is 9.84 Å². The molecule has 5 nitrogen and oxygen atoms in total. The van der Waals surface area contributed by atoms with Crippen LogP contribution in [0.5, 0.6) is 11.6 Å². The average Bonchev–Trinajstić information content (AvgIpc) is 2.83. The van der Waals surface area contributed by atoms with Crippen molar-refractivity contribution in [1.29, 1.82) is 0 Å². The van der Waals surface area contributed by atoms with Crippen molar-refractivity contribution in [3.05, 3.63) is 30.3 Å². The highest BCUT2D eigenvalue weighted by atomic mass is 32.2. The molecule has 0 aliphatic carbocycles. The maximum Gasteiger partial charge on any atom is 0.388 e. The van der Waals surface area contributed by atoms with Crippen molar-refractivity contribution >= 4 is 20.7 Å². The first kappa shape index (κ1) is 15.9. The molecule has 1 fully saturated rings. The Balaban J connectivity index is 1.71. The van der Waals surface area contributed by atoms with Crippen molar-refractivity contribution in [3.8, 4) is 11.6 Å². The second-order valence-electron chi connectivity index (χ2n) is 5.46. The monoisotopic (exact) mass is 343 g/mol. The third kappa shape index (κ3) is 4.07. The summed E-state index contributed by atoms with van der Waals surface area (Å²) in [5, 5.41) is 0.766. The lowest BCUT2D eigenvalue weighted by Gasteiger charge is -2.11. The molecule has 0 amide bonds. The lowest BCUT2D eigenvalue weighted by atomic mass is 10.1. The van der Waals surface area contributed by atoms with E-state index in [9.17, 15) is 17.2 Å². The molecule has 1 aromatic carbocycles. The molecule has 124 valence electrons. The molecule has 1 aliphatic rings. The van der Waals surface area contributed by atoms with Crippen LogP contribution in [0.1, 0.15) is 6.42 Å². The van der Waals surface area contributed by atoms with Crippen molar-refractivity contribution in [1.82, 2.24) is 4.98 Å². The standard InChI is InChI=1S/C15H15F2NO4S/c16-15(17)22-14-4-2-11-1-3-12(7-13(11)18-14)21-8-10-5-6-23(19,20)9-10/h1-4,7,10,15H,5-6,8-9H2. The van der Waals surface area contributed by atoms with E-state index < -0.39 is 16.4 Å². The number of benzene rings is 1. The molecule has 2 heterocycles. The SMILES string of the molecule is O=S1(=O)CCC(COc2ccc3ccc(OC(F)F)nc3c2)C1. The molecule has 0 bridgehead atoms. The first-order valence-electron chi connectivity index (χ1n) is 7.10. The summed E-state index contributed by atoms with van der Waals surface area (Å²) in [6.07, 6.45) is 0.598. The summed E-state index contributed by atoms with van der Waals surface area (Å²) >= 11 is 0. The fourth-order valence-electron chi connectivity index (χ4n) is 2.54. The largest absolute Gasteiger partial charge is 0.493 e. The Labute approximate surface area is 132 Å². The summed E-state index contributed by atoms with van der Waals surface area (Å²) in [5.41, 5.74) is 0.472. The molecule has 0 radical (unpaired) electrons. The molecule has 0 N–H and O–H groups in total. The van der Waals surface area contributed by atoms with Gasteiger partial charge in [-0.1, -0.05) is 0 Å². The Hall–Kier alpha value is -1.96. The third-order valence-corrected chi connectivity index (χ3v) is 5.50. The number of ether oxygens (including phenoxy) is 2. The number of halogens is 2. The molecular weight excluding hydrogens is 328 g/mol. The van der Waals surface area contributed by atoms with E-state index >= 15 is 0 Å². The quantitative estimate of drug-likeness (QED) is 0.835.